The molecule has 2 aromatic carbocycles. The van der Waals surface area contributed by atoms with Crippen molar-refractivity contribution < 1.29 is 66.7 Å². The summed E-state index contributed by atoms with van der Waals surface area (Å²) < 4.78 is 56.4. The average Bonchev–Trinajstić information content (AvgIpc) is 3.05. The molecule has 5 unspecified atom stereocenters. The highest BCUT2D eigenvalue weighted by atomic mass is 28.4. The zero-order valence-electron chi connectivity index (χ0n) is 29.8. The fourth-order valence-corrected chi connectivity index (χ4v) is 8.17. The van der Waals surface area contributed by atoms with E-state index in [0.717, 1.165) is 0 Å². The smallest absolute Gasteiger partial charge is 0.471 e. The standard InChI is InChI=1S/C36H44F3NO11Si/c1-34(2,3)52(5,6)51-11-10-24(42)35(48)14-17(12-18-13-21(22(41)16-50-18)40-33(47)36(37,38)39)25-20(15-35)30(44)27-28(31(25)45)32(46)26-19(29(27)43)8-7-9-23(26)49-4/h7-9,17-18,21-22,41,44-45,48H,10-16H2,1-6H3,(H,40,47). The first-order valence-electron chi connectivity index (χ1n) is 17.0. The number of fused-ring (bicyclic) bond motifs is 3. The van der Waals surface area contributed by atoms with Gasteiger partial charge in [-0.2, -0.15) is 13.2 Å². The molecule has 5 rings (SSSR count). The molecule has 5 atom stereocenters. The van der Waals surface area contributed by atoms with E-state index in [1.165, 1.54) is 25.3 Å². The Morgan fingerprint density at radius 3 is 2.33 bits per heavy atom. The van der Waals surface area contributed by atoms with Crippen LogP contribution >= 0.6 is 0 Å². The largest absolute Gasteiger partial charge is 0.507 e. The molecule has 1 fully saturated rings. The maximum absolute atomic E-state index is 14.0. The van der Waals surface area contributed by atoms with Crippen molar-refractivity contribution in [2.45, 2.75) is 107 Å². The summed E-state index contributed by atoms with van der Waals surface area (Å²) in [7, 11) is -0.992. The summed E-state index contributed by atoms with van der Waals surface area (Å²) in [5.74, 6) is -6.92. The third-order valence-corrected chi connectivity index (χ3v) is 15.5. The Morgan fingerprint density at radius 2 is 1.71 bits per heavy atom. The lowest BCUT2D eigenvalue weighted by Gasteiger charge is -2.42. The molecule has 284 valence electrons. The van der Waals surface area contributed by atoms with Crippen LogP contribution in [0.1, 0.15) is 95.3 Å². The van der Waals surface area contributed by atoms with Crippen LogP contribution in [-0.4, -0.2) is 102 Å². The minimum atomic E-state index is -5.21. The molecule has 0 bridgehead atoms. The molecule has 0 spiro atoms. The van der Waals surface area contributed by atoms with Gasteiger partial charge in [0.05, 0.1) is 48.7 Å². The molecule has 5 N–H and O–H groups in total. The lowest BCUT2D eigenvalue weighted by molar-refractivity contribution is -0.177. The van der Waals surface area contributed by atoms with Crippen molar-refractivity contribution in [2.24, 2.45) is 0 Å². The number of ketones is 3. The van der Waals surface area contributed by atoms with Crippen molar-refractivity contribution in [3.63, 3.8) is 0 Å². The van der Waals surface area contributed by atoms with Crippen molar-refractivity contribution >= 4 is 31.6 Å². The second-order valence-electron chi connectivity index (χ2n) is 15.3. The first-order chi connectivity index (χ1) is 24.0. The van der Waals surface area contributed by atoms with Crippen LogP contribution in [0.2, 0.25) is 18.1 Å². The number of methoxy groups -OCH3 is 1. The molecule has 12 nitrogen and oxygen atoms in total. The number of hydrogen-bond acceptors (Lipinski definition) is 11. The fraction of sp³-hybridized carbons (Fsp3) is 0.556. The van der Waals surface area contributed by atoms with Crippen LogP contribution in [0.5, 0.6) is 17.2 Å². The number of nitrogens with one attached hydrogen (secondary N) is 1. The minimum absolute atomic E-state index is 0.00755. The van der Waals surface area contributed by atoms with Gasteiger partial charge in [-0.3, -0.25) is 19.2 Å². The van der Waals surface area contributed by atoms with E-state index in [1.54, 1.807) is 5.32 Å². The van der Waals surface area contributed by atoms with Crippen LogP contribution in [0.4, 0.5) is 13.2 Å². The van der Waals surface area contributed by atoms with Crippen molar-refractivity contribution in [1.29, 1.82) is 0 Å². The molecule has 2 aliphatic carbocycles. The average molecular weight is 752 g/mol. The number of phenolic OH excluding ortho intramolecular Hbond substituents is 2. The third-order valence-electron chi connectivity index (χ3n) is 10.9. The molecule has 16 heteroatoms. The number of carbonyl (C=O) groups excluding carboxylic acids is 4. The van der Waals surface area contributed by atoms with Gasteiger partial charge >= 0.3 is 12.1 Å². The number of alkyl halides is 3. The zero-order valence-corrected chi connectivity index (χ0v) is 30.8. The normalized spacial score (nSPS) is 24.8. The topological polar surface area (TPSA) is 189 Å². The van der Waals surface area contributed by atoms with E-state index in [9.17, 15) is 52.8 Å². The van der Waals surface area contributed by atoms with E-state index in [-0.39, 0.29) is 65.3 Å². The minimum Gasteiger partial charge on any atom is -0.507 e. The number of ether oxygens (including phenoxy) is 2. The molecule has 1 aliphatic heterocycles. The molecular weight excluding hydrogens is 707 g/mol. The number of aliphatic hydroxyl groups is 2. The Kier molecular flexibility index (Phi) is 10.5. The summed E-state index contributed by atoms with van der Waals surface area (Å²) in [5, 5.41) is 47.5. The molecule has 3 aliphatic rings. The Morgan fingerprint density at radius 1 is 1.06 bits per heavy atom. The van der Waals surface area contributed by atoms with E-state index >= 15 is 0 Å². The molecule has 0 aromatic heterocycles. The second kappa shape index (κ2) is 13.9. The SMILES string of the molecule is COc1cccc2c1C(=O)c1c(O)c3c(c(O)c1C2=O)CC(O)(C(=O)CCO[Si](C)(C)C(C)(C)C)CC3CC1CC(NC(=O)C(F)(F)F)C(O)CO1. The number of aliphatic hydroxyl groups excluding tert-OH is 1. The van der Waals surface area contributed by atoms with Gasteiger partial charge in [0.15, 0.2) is 19.9 Å². The summed E-state index contributed by atoms with van der Waals surface area (Å²) in [6, 6.07) is 2.92. The zero-order chi connectivity index (χ0) is 38.7. The number of amides is 1. The number of phenols is 2. The van der Waals surface area contributed by atoms with Crippen molar-refractivity contribution in [3.05, 3.63) is 51.6 Å². The van der Waals surface area contributed by atoms with E-state index in [4.69, 9.17) is 13.9 Å². The summed E-state index contributed by atoms with van der Waals surface area (Å²) in [6.07, 6.45) is -9.32. The number of aromatic hydroxyl groups is 2. The molecule has 1 saturated heterocycles. The summed E-state index contributed by atoms with van der Waals surface area (Å²) in [4.78, 5) is 53.3. The quantitative estimate of drug-likeness (QED) is 0.156. The van der Waals surface area contributed by atoms with Crippen LogP contribution in [0.3, 0.4) is 0 Å². The highest BCUT2D eigenvalue weighted by Crippen LogP contribution is 2.53. The number of halogens is 3. The van der Waals surface area contributed by atoms with Crippen LogP contribution in [0.25, 0.3) is 0 Å². The van der Waals surface area contributed by atoms with Crippen molar-refractivity contribution in [3.8, 4) is 17.2 Å². The third kappa shape index (κ3) is 7.10. The van der Waals surface area contributed by atoms with Gasteiger partial charge in [0.2, 0.25) is 5.78 Å². The van der Waals surface area contributed by atoms with Crippen molar-refractivity contribution in [1.82, 2.24) is 5.32 Å². The Hall–Kier alpha value is -3.83. The molecule has 1 heterocycles. The van der Waals surface area contributed by atoms with Gasteiger partial charge in [-0.1, -0.05) is 32.9 Å². The molecule has 52 heavy (non-hydrogen) atoms. The maximum Gasteiger partial charge on any atom is 0.471 e. The Labute approximate surface area is 299 Å². The summed E-state index contributed by atoms with van der Waals surface area (Å²) >= 11 is 0. The van der Waals surface area contributed by atoms with Crippen molar-refractivity contribution in [2.75, 3.05) is 20.3 Å². The fourth-order valence-electron chi connectivity index (χ4n) is 7.12. The van der Waals surface area contributed by atoms with Crippen LogP contribution < -0.4 is 10.1 Å². The molecule has 2 aromatic rings. The van der Waals surface area contributed by atoms with Crippen LogP contribution in [-0.2, 0) is 25.2 Å². The molecule has 0 saturated carbocycles. The predicted molar refractivity (Wildman–Crippen MR) is 181 cm³/mol. The van der Waals surface area contributed by atoms with E-state index < -0.39 is 103 Å². The summed E-state index contributed by atoms with van der Waals surface area (Å²) in [5.41, 5.74) is -3.60. The number of Topliss-reactive ketones (excluding diaryl/α,β-unsaturated/α-hetero) is 1. The lowest BCUT2D eigenvalue weighted by Crippen LogP contribution is -2.54. The van der Waals surface area contributed by atoms with E-state index in [0.29, 0.717) is 0 Å². The number of benzene rings is 2. The first kappa shape index (κ1) is 39.4. The van der Waals surface area contributed by atoms with E-state index in [2.05, 4.69) is 0 Å². The molecule has 1 amide bonds. The van der Waals surface area contributed by atoms with Crippen LogP contribution in [0.15, 0.2) is 18.2 Å². The van der Waals surface area contributed by atoms with Gasteiger partial charge in [0, 0.05) is 36.1 Å². The number of hydrogen-bond donors (Lipinski definition) is 5. The van der Waals surface area contributed by atoms with Gasteiger partial charge in [-0.25, -0.2) is 0 Å². The summed E-state index contributed by atoms with van der Waals surface area (Å²) in [6.45, 7) is 9.61. The van der Waals surface area contributed by atoms with Gasteiger partial charge in [0.25, 0.3) is 0 Å². The molecular formula is C36H44F3NO11Si. The van der Waals surface area contributed by atoms with Crippen LogP contribution in [0, 0.1) is 0 Å². The second-order valence-corrected chi connectivity index (χ2v) is 20.2. The predicted octanol–water partition coefficient (Wildman–Crippen LogP) is 4.21. The number of carbonyl (C=O) groups is 4. The van der Waals surface area contributed by atoms with Gasteiger partial charge in [-0.15, -0.1) is 0 Å². The van der Waals surface area contributed by atoms with E-state index in [1.807, 2.05) is 33.9 Å². The van der Waals surface area contributed by atoms with Gasteiger partial charge in [-0.05, 0) is 49.4 Å². The molecule has 0 radical (unpaired) electrons. The Balaban J connectivity index is 1.56. The lowest BCUT2D eigenvalue weighted by atomic mass is 9.67. The van der Waals surface area contributed by atoms with Gasteiger partial charge in [0.1, 0.15) is 22.8 Å². The first-order valence-corrected chi connectivity index (χ1v) is 19.9. The highest BCUT2D eigenvalue weighted by Gasteiger charge is 2.50. The Bertz CT molecular complexity index is 1800. The van der Waals surface area contributed by atoms with Gasteiger partial charge < -0.3 is 39.6 Å². The number of rotatable bonds is 9. The highest BCUT2D eigenvalue weighted by molar-refractivity contribution is 6.74. The maximum atomic E-state index is 14.0. The monoisotopic (exact) mass is 751 g/mol.